The topological polar surface area (TPSA) is 54.5 Å². The van der Waals surface area contributed by atoms with Crippen LogP contribution in [-0.4, -0.2) is 25.1 Å². The Morgan fingerprint density at radius 3 is 2.38 bits per heavy atom. The molecular formula is C24H25NO3S. The van der Waals surface area contributed by atoms with Crippen LogP contribution in [0.2, 0.25) is 0 Å². The standard InChI is InChI=1S/C24H25NO3S/c1-3-4-17-25(29(27,28)21-14-12-19(2)13-15-21)18-16-24(26)23-11-7-9-20-8-5-6-10-22(20)23/h5-16,18H,3-4,17H2,1-2H3/b18-16+. The van der Waals surface area contributed by atoms with E-state index in [1.54, 1.807) is 30.3 Å². The van der Waals surface area contributed by atoms with Crippen molar-refractivity contribution in [2.75, 3.05) is 6.54 Å². The van der Waals surface area contributed by atoms with E-state index in [1.807, 2.05) is 50.2 Å². The Morgan fingerprint density at radius 1 is 0.966 bits per heavy atom. The molecule has 0 aliphatic rings. The van der Waals surface area contributed by atoms with Crippen molar-refractivity contribution < 1.29 is 13.2 Å². The molecule has 0 radical (unpaired) electrons. The summed E-state index contributed by atoms with van der Waals surface area (Å²) in [5.41, 5.74) is 1.55. The minimum absolute atomic E-state index is 0.220. The molecule has 3 aromatic carbocycles. The number of aryl methyl sites for hydroxylation is 1. The summed E-state index contributed by atoms with van der Waals surface area (Å²) < 4.78 is 27.4. The molecule has 0 saturated carbocycles. The summed E-state index contributed by atoms with van der Waals surface area (Å²) in [6.45, 7) is 4.24. The third-order valence-corrected chi connectivity index (χ3v) is 6.60. The maximum absolute atomic E-state index is 13.1. The van der Waals surface area contributed by atoms with E-state index in [0.29, 0.717) is 18.5 Å². The van der Waals surface area contributed by atoms with E-state index in [4.69, 9.17) is 0 Å². The van der Waals surface area contributed by atoms with Crippen LogP contribution in [0.5, 0.6) is 0 Å². The lowest BCUT2D eigenvalue weighted by atomic mass is 10.0. The van der Waals surface area contributed by atoms with Gasteiger partial charge in [0, 0.05) is 24.4 Å². The third kappa shape index (κ3) is 4.74. The van der Waals surface area contributed by atoms with Crippen LogP contribution in [0.1, 0.15) is 35.7 Å². The molecule has 4 nitrogen and oxygen atoms in total. The van der Waals surface area contributed by atoms with Gasteiger partial charge in [-0.15, -0.1) is 0 Å². The Kier molecular flexibility index (Phi) is 6.49. The summed E-state index contributed by atoms with van der Waals surface area (Å²) in [7, 11) is -3.72. The average molecular weight is 408 g/mol. The van der Waals surface area contributed by atoms with E-state index < -0.39 is 10.0 Å². The van der Waals surface area contributed by atoms with Gasteiger partial charge in [0.2, 0.25) is 0 Å². The number of carbonyl (C=O) groups excluding carboxylic acids is 1. The SMILES string of the molecule is CCCCN(/C=C/C(=O)c1cccc2ccccc12)S(=O)(=O)c1ccc(C)cc1. The van der Waals surface area contributed by atoms with Crippen molar-refractivity contribution >= 4 is 26.6 Å². The van der Waals surface area contributed by atoms with E-state index >= 15 is 0 Å². The van der Waals surface area contributed by atoms with Crippen LogP contribution in [0.25, 0.3) is 10.8 Å². The van der Waals surface area contributed by atoms with Gasteiger partial charge in [-0.05, 0) is 36.2 Å². The van der Waals surface area contributed by atoms with Crippen LogP contribution in [0.4, 0.5) is 0 Å². The molecule has 0 N–H and O–H groups in total. The van der Waals surface area contributed by atoms with Crippen molar-refractivity contribution in [1.29, 1.82) is 0 Å². The summed E-state index contributed by atoms with van der Waals surface area (Å²) in [6.07, 6.45) is 4.31. The van der Waals surface area contributed by atoms with E-state index in [0.717, 1.165) is 22.8 Å². The number of ketones is 1. The highest BCUT2D eigenvalue weighted by Gasteiger charge is 2.21. The highest BCUT2D eigenvalue weighted by atomic mass is 32.2. The second kappa shape index (κ2) is 9.05. The van der Waals surface area contributed by atoms with Crippen molar-refractivity contribution in [3.05, 3.63) is 90.1 Å². The maximum atomic E-state index is 13.1. The number of hydrogen-bond donors (Lipinski definition) is 0. The van der Waals surface area contributed by atoms with Gasteiger partial charge in [0.15, 0.2) is 5.78 Å². The Balaban J connectivity index is 1.92. The molecule has 150 valence electrons. The van der Waals surface area contributed by atoms with Crippen LogP contribution >= 0.6 is 0 Å². The molecule has 5 heteroatoms. The van der Waals surface area contributed by atoms with Gasteiger partial charge in [0.1, 0.15) is 0 Å². The monoisotopic (exact) mass is 407 g/mol. The zero-order valence-electron chi connectivity index (χ0n) is 16.7. The van der Waals surface area contributed by atoms with Gasteiger partial charge in [-0.25, -0.2) is 8.42 Å². The smallest absolute Gasteiger partial charge is 0.263 e. The second-order valence-electron chi connectivity index (χ2n) is 6.99. The van der Waals surface area contributed by atoms with E-state index in [9.17, 15) is 13.2 Å². The van der Waals surface area contributed by atoms with Crippen molar-refractivity contribution in [2.24, 2.45) is 0 Å². The van der Waals surface area contributed by atoms with Crippen LogP contribution in [0.3, 0.4) is 0 Å². The molecule has 0 aliphatic carbocycles. The Labute approximate surface area is 172 Å². The zero-order chi connectivity index (χ0) is 20.9. The summed E-state index contributed by atoms with van der Waals surface area (Å²) in [4.78, 5) is 13.1. The number of benzene rings is 3. The molecule has 0 aromatic heterocycles. The van der Waals surface area contributed by atoms with Gasteiger partial charge in [0.25, 0.3) is 10.0 Å². The Bertz CT molecular complexity index is 1130. The highest BCUT2D eigenvalue weighted by molar-refractivity contribution is 7.89. The fraction of sp³-hybridized carbons (Fsp3) is 0.208. The quantitative estimate of drug-likeness (QED) is 0.374. The number of rotatable bonds is 8. The maximum Gasteiger partial charge on any atom is 0.263 e. The Hall–Kier alpha value is -2.92. The molecule has 3 rings (SSSR count). The lowest BCUT2D eigenvalue weighted by Gasteiger charge is -2.20. The summed E-state index contributed by atoms with van der Waals surface area (Å²) in [5, 5.41) is 1.83. The first-order valence-corrected chi connectivity index (χ1v) is 11.2. The summed E-state index contributed by atoms with van der Waals surface area (Å²) >= 11 is 0. The molecule has 29 heavy (non-hydrogen) atoms. The zero-order valence-corrected chi connectivity index (χ0v) is 17.5. The fourth-order valence-electron chi connectivity index (χ4n) is 3.12. The number of carbonyl (C=O) groups is 1. The fourth-order valence-corrected chi connectivity index (χ4v) is 4.46. The van der Waals surface area contributed by atoms with Gasteiger partial charge < -0.3 is 0 Å². The van der Waals surface area contributed by atoms with Crippen molar-refractivity contribution in [3.63, 3.8) is 0 Å². The molecule has 0 saturated heterocycles. The first-order chi connectivity index (χ1) is 13.9. The number of sulfonamides is 1. The molecule has 0 bridgehead atoms. The number of nitrogens with zero attached hydrogens (tertiary/aromatic N) is 1. The first-order valence-electron chi connectivity index (χ1n) is 9.72. The predicted molar refractivity (Wildman–Crippen MR) is 117 cm³/mol. The number of allylic oxidation sites excluding steroid dienone is 1. The molecule has 3 aromatic rings. The average Bonchev–Trinajstić information content (AvgIpc) is 2.73. The molecular weight excluding hydrogens is 382 g/mol. The van der Waals surface area contributed by atoms with Crippen molar-refractivity contribution in [1.82, 2.24) is 4.31 Å². The minimum Gasteiger partial charge on any atom is -0.289 e. The lowest BCUT2D eigenvalue weighted by molar-refractivity contribution is 0.104. The first kappa shape index (κ1) is 20.8. The predicted octanol–water partition coefficient (Wildman–Crippen LogP) is 5.34. The number of hydrogen-bond acceptors (Lipinski definition) is 3. The lowest BCUT2D eigenvalue weighted by Crippen LogP contribution is -2.27. The summed E-state index contributed by atoms with van der Waals surface area (Å²) in [5.74, 6) is -0.220. The van der Waals surface area contributed by atoms with Gasteiger partial charge in [-0.1, -0.05) is 73.5 Å². The van der Waals surface area contributed by atoms with Crippen molar-refractivity contribution in [3.8, 4) is 0 Å². The molecule has 0 aliphatic heterocycles. The van der Waals surface area contributed by atoms with Gasteiger partial charge in [-0.2, -0.15) is 0 Å². The van der Waals surface area contributed by atoms with Crippen LogP contribution in [-0.2, 0) is 10.0 Å². The van der Waals surface area contributed by atoms with Crippen LogP contribution in [0, 0.1) is 6.92 Å². The third-order valence-electron chi connectivity index (χ3n) is 4.81. The molecule has 0 spiro atoms. The van der Waals surface area contributed by atoms with E-state index in [1.165, 1.54) is 16.6 Å². The summed E-state index contributed by atoms with van der Waals surface area (Å²) in [6, 6.07) is 20.0. The largest absolute Gasteiger partial charge is 0.289 e. The van der Waals surface area contributed by atoms with E-state index in [-0.39, 0.29) is 10.7 Å². The molecule has 0 unspecified atom stereocenters. The van der Waals surface area contributed by atoms with Gasteiger partial charge in [0.05, 0.1) is 4.90 Å². The number of unbranched alkanes of at least 4 members (excludes halogenated alkanes) is 1. The number of fused-ring (bicyclic) bond motifs is 1. The Morgan fingerprint density at radius 2 is 1.66 bits per heavy atom. The molecule has 0 fully saturated rings. The van der Waals surface area contributed by atoms with Crippen LogP contribution in [0.15, 0.2) is 83.9 Å². The van der Waals surface area contributed by atoms with Gasteiger partial charge >= 0.3 is 0 Å². The normalized spacial score (nSPS) is 11.8. The molecule has 0 atom stereocenters. The van der Waals surface area contributed by atoms with E-state index in [2.05, 4.69) is 0 Å². The molecule has 0 amide bonds. The molecule has 0 heterocycles. The minimum atomic E-state index is -3.72. The second-order valence-corrected chi connectivity index (χ2v) is 8.88. The van der Waals surface area contributed by atoms with Crippen molar-refractivity contribution in [2.45, 2.75) is 31.6 Å². The van der Waals surface area contributed by atoms with Gasteiger partial charge in [-0.3, -0.25) is 9.10 Å². The highest BCUT2D eigenvalue weighted by Crippen LogP contribution is 2.21. The van der Waals surface area contributed by atoms with Crippen LogP contribution < -0.4 is 0 Å².